The van der Waals surface area contributed by atoms with Crippen LogP contribution in [-0.2, 0) is 17.6 Å². The van der Waals surface area contributed by atoms with Crippen molar-refractivity contribution in [2.24, 2.45) is 5.41 Å². The lowest BCUT2D eigenvalue weighted by Crippen LogP contribution is -2.28. The smallest absolute Gasteiger partial charge is 0.372 e. The van der Waals surface area contributed by atoms with E-state index in [0.717, 1.165) is 12.8 Å². The Morgan fingerprint density at radius 1 is 1.24 bits per heavy atom. The van der Waals surface area contributed by atoms with Gasteiger partial charge in [-0.2, -0.15) is 18.4 Å². The first kappa shape index (κ1) is 15.8. The number of halogens is 3. The van der Waals surface area contributed by atoms with Crippen LogP contribution in [0.15, 0.2) is 24.3 Å². The predicted molar refractivity (Wildman–Crippen MR) is 72.6 cm³/mol. The Morgan fingerprint density at radius 2 is 1.95 bits per heavy atom. The number of alkyl halides is 3. The summed E-state index contributed by atoms with van der Waals surface area (Å²) in [6.07, 6.45) is -0.927. The van der Waals surface area contributed by atoms with Crippen LogP contribution in [0.1, 0.15) is 30.4 Å². The monoisotopic (exact) mass is 297 g/mol. The molecule has 0 heterocycles. The van der Waals surface area contributed by atoms with Crippen LogP contribution in [0.5, 0.6) is 0 Å². The van der Waals surface area contributed by atoms with Crippen LogP contribution in [-0.4, -0.2) is 19.4 Å². The number of nitrogens with zero attached hydrogens (tertiary/aromatic N) is 1. The summed E-state index contributed by atoms with van der Waals surface area (Å²) in [5.74, 6) is 0. The van der Waals surface area contributed by atoms with Gasteiger partial charge in [-0.3, -0.25) is 0 Å². The van der Waals surface area contributed by atoms with Gasteiger partial charge in [0.1, 0.15) is 6.61 Å². The van der Waals surface area contributed by atoms with Crippen LogP contribution in [0.2, 0.25) is 0 Å². The van der Waals surface area contributed by atoms with Crippen LogP contribution < -0.4 is 0 Å². The average Bonchev–Trinajstić information content (AvgIpc) is 2.45. The number of hydrogen-bond acceptors (Lipinski definition) is 2. The van der Waals surface area contributed by atoms with E-state index in [2.05, 4.69) is 16.9 Å². The van der Waals surface area contributed by atoms with Crippen molar-refractivity contribution in [3.05, 3.63) is 35.4 Å². The zero-order valence-corrected chi connectivity index (χ0v) is 11.7. The van der Waals surface area contributed by atoms with Gasteiger partial charge >= 0.3 is 6.18 Å². The fraction of sp³-hybridized carbons (Fsp3) is 0.562. The van der Waals surface area contributed by atoms with Gasteiger partial charge in [-0.25, -0.2) is 0 Å². The number of rotatable bonds is 5. The van der Waals surface area contributed by atoms with E-state index in [9.17, 15) is 18.4 Å². The lowest BCUT2D eigenvalue weighted by molar-refractivity contribution is -0.174. The minimum absolute atomic E-state index is 0.0462. The highest BCUT2D eigenvalue weighted by Crippen LogP contribution is 2.38. The van der Waals surface area contributed by atoms with Crippen molar-refractivity contribution in [2.75, 3.05) is 13.2 Å². The Kier molecular flexibility index (Phi) is 4.89. The SMILES string of the molecule is N#CC1(CCCOCC(F)(F)F)CCc2ccccc2C1. The molecule has 0 saturated heterocycles. The van der Waals surface area contributed by atoms with Gasteiger partial charge < -0.3 is 4.74 Å². The number of ether oxygens (including phenoxy) is 1. The van der Waals surface area contributed by atoms with Crippen LogP contribution in [0.3, 0.4) is 0 Å². The second-order valence-electron chi connectivity index (χ2n) is 5.61. The molecule has 0 radical (unpaired) electrons. The molecule has 1 atom stereocenters. The Bertz CT molecular complexity index is 521. The molecule has 0 amide bonds. The Morgan fingerprint density at radius 3 is 2.62 bits per heavy atom. The van der Waals surface area contributed by atoms with Gasteiger partial charge in [-0.05, 0) is 43.2 Å². The molecule has 0 saturated carbocycles. The second-order valence-corrected chi connectivity index (χ2v) is 5.61. The van der Waals surface area contributed by atoms with Crippen molar-refractivity contribution in [3.63, 3.8) is 0 Å². The van der Waals surface area contributed by atoms with Crippen molar-refractivity contribution in [3.8, 4) is 6.07 Å². The summed E-state index contributed by atoms with van der Waals surface area (Å²) >= 11 is 0. The summed E-state index contributed by atoms with van der Waals surface area (Å²) in [4.78, 5) is 0. The molecule has 1 aromatic carbocycles. The first-order valence-electron chi connectivity index (χ1n) is 7.07. The van der Waals surface area contributed by atoms with Gasteiger partial charge in [-0.1, -0.05) is 24.3 Å². The predicted octanol–water partition coefficient (Wildman–Crippen LogP) is 4.04. The molecule has 21 heavy (non-hydrogen) atoms. The fourth-order valence-electron chi connectivity index (χ4n) is 2.87. The zero-order valence-electron chi connectivity index (χ0n) is 11.7. The molecule has 1 aromatic rings. The Labute approximate surface area is 122 Å². The molecule has 0 bridgehead atoms. The van der Waals surface area contributed by atoms with Gasteiger partial charge in [0.15, 0.2) is 0 Å². The quantitative estimate of drug-likeness (QED) is 0.768. The van der Waals surface area contributed by atoms with Gasteiger partial charge in [0.2, 0.25) is 0 Å². The van der Waals surface area contributed by atoms with Gasteiger partial charge in [-0.15, -0.1) is 0 Å². The first-order valence-corrected chi connectivity index (χ1v) is 7.07. The standard InChI is InChI=1S/C16H18F3NO/c17-16(18,19)12-21-9-3-7-15(11-20)8-6-13-4-1-2-5-14(13)10-15/h1-2,4-5H,3,6-10,12H2. The highest BCUT2D eigenvalue weighted by atomic mass is 19.4. The molecule has 5 heteroatoms. The third-order valence-electron chi connectivity index (χ3n) is 3.97. The lowest BCUT2D eigenvalue weighted by Gasteiger charge is -2.32. The molecular formula is C16H18F3NO. The normalized spacial score (nSPS) is 21.6. The van der Waals surface area contributed by atoms with E-state index in [0.29, 0.717) is 19.3 Å². The van der Waals surface area contributed by atoms with Crippen LogP contribution in [0.25, 0.3) is 0 Å². The molecule has 0 spiro atoms. The molecule has 2 rings (SSSR count). The lowest BCUT2D eigenvalue weighted by atomic mass is 9.70. The minimum atomic E-state index is -4.28. The highest BCUT2D eigenvalue weighted by Gasteiger charge is 2.34. The molecule has 0 aliphatic heterocycles. The van der Waals surface area contributed by atoms with E-state index in [1.165, 1.54) is 11.1 Å². The maximum absolute atomic E-state index is 12.0. The van der Waals surface area contributed by atoms with Crippen molar-refractivity contribution >= 4 is 0 Å². The summed E-state index contributed by atoms with van der Waals surface area (Å²) in [5.41, 5.74) is 1.99. The van der Waals surface area contributed by atoms with E-state index in [1.807, 2.05) is 18.2 Å². The minimum Gasteiger partial charge on any atom is -0.372 e. The summed E-state index contributed by atoms with van der Waals surface area (Å²) < 4.78 is 40.5. The van der Waals surface area contributed by atoms with E-state index in [4.69, 9.17) is 0 Å². The number of nitriles is 1. The van der Waals surface area contributed by atoms with Crippen molar-refractivity contribution in [1.29, 1.82) is 5.26 Å². The molecule has 1 aliphatic rings. The first-order chi connectivity index (χ1) is 9.94. The topological polar surface area (TPSA) is 33.0 Å². The van der Waals surface area contributed by atoms with Crippen molar-refractivity contribution < 1.29 is 17.9 Å². The number of hydrogen-bond donors (Lipinski definition) is 0. The summed E-state index contributed by atoms with van der Waals surface area (Å²) in [6, 6.07) is 10.4. The number of fused-ring (bicyclic) bond motifs is 1. The summed E-state index contributed by atoms with van der Waals surface area (Å²) in [7, 11) is 0. The number of aryl methyl sites for hydroxylation is 1. The van der Waals surface area contributed by atoms with E-state index in [-0.39, 0.29) is 6.61 Å². The molecule has 0 aromatic heterocycles. The van der Waals surface area contributed by atoms with Gasteiger partial charge in [0, 0.05) is 6.61 Å². The maximum Gasteiger partial charge on any atom is 0.411 e. The van der Waals surface area contributed by atoms with Crippen LogP contribution >= 0.6 is 0 Å². The number of benzene rings is 1. The Hall–Kier alpha value is -1.54. The van der Waals surface area contributed by atoms with Gasteiger partial charge in [0.25, 0.3) is 0 Å². The van der Waals surface area contributed by atoms with Crippen molar-refractivity contribution in [1.82, 2.24) is 0 Å². The molecule has 0 N–H and O–H groups in total. The summed E-state index contributed by atoms with van der Waals surface area (Å²) in [5, 5.41) is 9.48. The molecule has 0 fully saturated rings. The molecule has 114 valence electrons. The van der Waals surface area contributed by atoms with E-state index >= 15 is 0 Å². The molecule has 1 aliphatic carbocycles. The highest BCUT2D eigenvalue weighted by molar-refractivity contribution is 5.32. The van der Waals surface area contributed by atoms with Crippen LogP contribution in [0, 0.1) is 16.7 Å². The largest absolute Gasteiger partial charge is 0.411 e. The maximum atomic E-state index is 12.0. The third kappa shape index (κ3) is 4.47. The molecule has 2 nitrogen and oxygen atoms in total. The fourth-order valence-corrected chi connectivity index (χ4v) is 2.87. The van der Waals surface area contributed by atoms with E-state index in [1.54, 1.807) is 0 Å². The van der Waals surface area contributed by atoms with Gasteiger partial charge in [0.05, 0.1) is 11.5 Å². The molecular weight excluding hydrogens is 279 g/mol. The van der Waals surface area contributed by atoms with Crippen LogP contribution in [0.4, 0.5) is 13.2 Å². The average molecular weight is 297 g/mol. The third-order valence-corrected chi connectivity index (χ3v) is 3.97. The summed E-state index contributed by atoms with van der Waals surface area (Å²) in [6.45, 7) is -1.17. The zero-order chi connectivity index (χ0) is 15.3. The second kappa shape index (κ2) is 6.48. The van der Waals surface area contributed by atoms with E-state index < -0.39 is 18.2 Å². The molecule has 1 unspecified atom stereocenters. The Balaban J connectivity index is 1.85. The van der Waals surface area contributed by atoms with Crippen molar-refractivity contribution in [2.45, 2.75) is 38.3 Å².